The van der Waals surface area contributed by atoms with E-state index in [1.54, 1.807) is 12.1 Å². The Morgan fingerprint density at radius 1 is 1.33 bits per heavy atom. The van der Waals surface area contributed by atoms with Crippen LogP contribution in [0.5, 0.6) is 0 Å². The number of hydrogen-bond acceptors (Lipinski definition) is 3. The molecule has 0 aliphatic carbocycles. The van der Waals surface area contributed by atoms with Gasteiger partial charge in [-0.25, -0.2) is 0 Å². The average molecular weight is 269 g/mol. The zero-order valence-electron chi connectivity index (χ0n) is 7.36. The van der Waals surface area contributed by atoms with Crippen molar-refractivity contribution in [2.45, 2.75) is 0 Å². The molecule has 0 saturated carbocycles. The third-order valence-corrected chi connectivity index (χ3v) is 2.43. The molecule has 1 aromatic carbocycles. The van der Waals surface area contributed by atoms with Gasteiger partial charge in [-0.2, -0.15) is 0 Å². The molecule has 0 radical (unpaired) electrons. The van der Waals surface area contributed by atoms with Crippen LogP contribution in [0.3, 0.4) is 0 Å². The summed E-state index contributed by atoms with van der Waals surface area (Å²) >= 11 is 3.17. The molecule has 0 aliphatic rings. The van der Waals surface area contributed by atoms with Crippen LogP contribution in [0, 0.1) is 10.1 Å². The lowest BCUT2D eigenvalue weighted by Gasteiger charge is -1.99. The summed E-state index contributed by atoms with van der Waals surface area (Å²) in [5.74, 6) is 0. The standard InChI is InChI=1S/C9H5BrN2O3/c10-6-3-5-1-2-8(13)11-9(5)7(4-6)12(14)15/h1-4H,(H,11,13). The maximum Gasteiger partial charge on any atom is 0.294 e. The Morgan fingerprint density at radius 2 is 2.07 bits per heavy atom. The number of nitro benzene ring substituents is 1. The monoisotopic (exact) mass is 268 g/mol. The predicted octanol–water partition coefficient (Wildman–Crippen LogP) is 2.20. The fraction of sp³-hybridized carbons (Fsp3) is 0. The Balaban J connectivity index is 2.94. The number of nitro groups is 1. The average Bonchev–Trinajstić information content (AvgIpc) is 2.17. The van der Waals surface area contributed by atoms with Crippen LogP contribution in [0.25, 0.3) is 10.9 Å². The minimum absolute atomic E-state index is 0.114. The number of hydrogen-bond donors (Lipinski definition) is 1. The number of nitrogens with zero attached hydrogens (tertiary/aromatic N) is 1. The highest BCUT2D eigenvalue weighted by Gasteiger charge is 2.13. The second-order valence-corrected chi connectivity index (χ2v) is 3.88. The zero-order valence-corrected chi connectivity index (χ0v) is 8.95. The van der Waals surface area contributed by atoms with E-state index in [1.807, 2.05) is 0 Å². The molecule has 1 heterocycles. The van der Waals surface area contributed by atoms with Gasteiger partial charge in [-0.15, -0.1) is 0 Å². The number of benzene rings is 1. The number of nitrogens with one attached hydrogen (secondary N) is 1. The molecule has 2 rings (SSSR count). The van der Waals surface area contributed by atoms with E-state index in [9.17, 15) is 14.9 Å². The topological polar surface area (TPSA) is 76.0 Å². The largest absolute Gasteiger partial charge is 0.316 e. The lowest BCUT2D eigenvalue weighted by Crippen LogP contribution is -2.04. The molecule has 1 N–H and O–H groups in total. The first-order valence-corrected chi connectivity index (χ1v) is 4.84. The van der Waals surface area contributed by atoms with Crippen molar-refractivity contribution in [3.8, 4) is 0 Å². The molecular weight excluding hydrogens is 264 g/mol. The van der Waals surface area contributed by atoms with Gasteiger partial charge in [0.05, 0.1) is 4.92 Å². The molecule has 1 aromatic heterocycles. The van der Waals surface area contributed by atoms with Gasteiger partial charge in [-0.05, 0) is 12.1 Å². The van der Waals surface area contributed by atoms with Crippen molar-refractivity contribution in [3.63, 3.8) is 0 Å². The lowest BCUT2D eigenvalue weighted by molar-refractivity contribution is -0.383. The van der Waals surface area contributed by atoms with Crippen molar-refractivity contribution in [2.75, 3.05) is 0 Å². The Bertz CT molecular complexity index is 606. The van der Waals surface area contributed by atoms with E-state index in [1.165, 1.54) is 12.1 Å². The van der Waals surface area contributed by atoms with Gasteiger partial charge in [0.25, 0.3) is 5.69 Å². The van der Waals surface area contributed by atoms with Crippen molar-refractivity contribution in [2.24, 2.45) is 0 Å². The van der Waals surface area contributed by atoms with Crippen LogP contribution in [-0.2, 0) is 0 Å². The van der Waals surface area contributed by atoms with E-state index in [0.717, 1.165) is 0 Å². The molecule has 0 amide bonds. The lowest BCUT2D eigenvalue weighted by atomic mass is 10.2. The molecule has 0 atom stereocenters. The Morgan fingerprint density at radius 3 is 2.73 bits per heavy atom. The summed E-state index contributed by atoms with van der Waals surface area (Å²) in [6.45, 7) is 0. The SMILES string of the molecule is O=c1ccc2cc(Br)cc([N+](=O)[O-])c2[nH]1. The van der Waals surface area contributed by atoms with E-state index in [-0.39, 0.29) is 16.8 Å². The smallest absolute Gasteiger partial charge is 0.294 e. The first-order valence-electron chi connectivity index (χ1n) is 4.05. The summed E-state index contributed by atoms with van der Waals surface area (Å²) < 4.78 is 0.605. The number of fused-ring (bicyclic) bond motifs is 1. The fourth-order valence-corrected chi connectivity index (χ4v) is 1.82. The van der Waals surface area contributed by atoms with Gasteiger partial charge in [-0.1, -0.05) is 15.9 Å². The predicted molar refractivity (Wildman–Crippen MR) is 58.9 cm³/mol. The number of pyridine rings is 1. The summed E-state index contributed by atoms with van der Waals surface area (Å²) in [6.07, 6.45) is 0. The number of H-pyrrole nitrogens is 1. The van der Waals surface area contributed by atoms with Crippen molar-refractivity contribution in [1.29, 1.82) is 0 Å². The van der Waals surface area contributed by atoms with Gasteiger partial charge in [0.1, 0.15) is 5.52 Å². The Labute approximate surface area is 92.0 Å². The van der Waals surface area contributed by atoms with E-state index in [0.29, 0.717) is 9.86 Å². The summed E-state index contributed by atoms with van der Waals surface area (Å²) in [4.78, 5) is 23.7. The van der Waals surface area contributed by atoms with E-state index in [2.05, 4.69) is 20.9 Å². The molecular formula is C9H5BrN2O3. The molecule has 5 nitrogen and oxygen atoms in total. The van der Waals surface area contributed by atoms with Gasteiger partial charge in [0.15, 0.2) is 0 Å². The van der Waals surface area contributed by atoms with Crippen LogP contribution in [0.4, 0.5) is 5.69 Å². The third kappa shape index (κ3) is 1.75. The van der Waals surface area contributed by atoms with Crippen molar-refractivity contribution in [3.05, 3.63) is 49.2 Å². The number of halogens is 1. The number of non-ortho nitro benzene ring substituents is 1. The minimum atomic E-state index is -0.525. The van der Waals surface area contributed by atoms with Crippen LogP contribution in [0.15, 0.2) is 33.5 Å². The maximum atomic E-state index is 11.1. The van der Waals surface area contributed by atoms with Crippen molar-refractivity contribution < 1.29 is 4.92 Å². The molecule has 0 fully saturated rings. The fourth-order valence-electron chi connectivity index (χ4n) is 1.36. The number of aromatic amines is 1. The van der Waals surface area contributed by atoms with Gasteiger partial charge >= 0.3 is 0 Å². The molecule has 6 heteroatoms. The maximum absolute atomic E-state index is 11.1. The molecule has 76 valence electrons. The van der Waals surface area contributed by atoms with E-state index < -0.39 is 4.92 Å². The molecule has 0 saturated heterocycles. The summed E-state index contributed by atoms with van der Waals surface area (Å²) in [7, 11) is 0. The highest BCUT2D eigenvalue weighted by Crippen LogP contribution is 2.27. The molecule has 15 heavy (non-hydrogen) atoms. The summed E-state index contributed by atoms with van der Waals surface area (Å²) in [6, 6.07) is 5.95. The Kier molecular flexibility index (Phi) is 2.28. The molecule has 0 unspecified atom stereocenters. The third-order valence-electron chi connectivity index (χ3n) is 1.97. The molecule has 0 bridgehead atoms. The molecule has 0 aliphatic heterocycles. The van der Waals surface area contributed by atoms with E-state index in [4.69, 9.17) is 0 Å². The summed E-state index contributed by atoms with van der Waals surface area (Å²) in [5, 5.41) is 11.4. The van der Waals surface area contributed by atoms with Gasteiger partial charge in [-0.3, -0.25) is 14.9 Å². The second-order valence-electron chi connectivity index (χ2n) is 2.97. The van der Waals surface area contributed by atoms with Crippen LogP contribution in [-0.4, -0.2) is 9.91 Å². The number of rotatable bonds is 1. The van der Waals surface area contributed by atoms with Gasteiger partial charge < -0.3 is 4.98 Å². The molecule has 2 aromatic rings. The van der Waals surface area contributed by atoms with Crippen LogP contribution in [0.1, 0.15) is 0 Å². The van der Waals surface area contributed by atoms with Crippen molar-refractivity contribution >= 4 is 32.5 Å². The van der Waals surface area contributed by atoms with Crippen LogP contribution < -0.4 is 5.56 Å². The van der Waals surface area contributed by atoms with E-state index >= 15 is 0 Å². The normalized spacial score (nSPS) is 10.5. The highest BCUT2D eigenvalue weighted by molar-refractivity contribution is 9.10. The van der Waals surface area contributed by atoms with Crippen molar-refractivity contribution in [1.82, 2.24) is 4.98 Å². The quantitative estimate of drug-likeness (QED) is 0.636. The van der Waals surface area contributed by atoms with Crippen LogP contribution >= 0.6 is 15.9 Å². The van der Waals surface area contributed by atoms with Crippen LogP contribution in [0.2, 0.25) is 0 Å². The minimum Gasteiger partial charge on any atom is -0.316 e. The van der Waals surface area contributed by atoms with Gasteiger partial charge in [0.2, 0.25) is 5.56 Å². The second kappa shape index (κ2) is 3.47. The van der Waals surface area contributed by atoms with Gasteiger partial charge in [0, 0.05) is 22.0 Å². The first kappa shape index (κ1) is 9.85. The highest BCUT2D eigenvalue weighted by atomic mass is 79.9. The first-order chi connectivity index (χ1) is 7.08. The number of aromatic nitrogens is 1. The molecule has 0 spiro atoms. The zero-order chi connectivity index (χ0) is 11.0. The summed E-state index contributed by atoms with van der Waals surface area (Å²) in [5.41, 5.74) is -0.222. The Hall–Kier alpha value is -1.69.